The van der Waals surface area contributed by atoms with Crippen LogP contribution < -0.4 is 5.32 Å². The van der Waals surface area contributed by atoms with Gasteiger partial charge in [-0.1, -0.05) is 11.6 Å². The molecule has 0 amide bonds. The maximum atomic E-state index is 5.83. The summed E-state index contributed by atoms with van der Waals surface area (Å²) >= 11 is 7.39. The Morgan fingerprint density at radius 1 is 1.56 bits per heavy atom. The Balaban J connectivity index is 1.64. The molecule has 1 saturated heterocycles. The highest BCUT2D eigenvalue weighted by molar-refractivity contribution is 7.15. The predicted octanol–water partition coefficient (Wildman–Crippen LogP) is 2.23. The number of nitrogens with one attached hydrogen (secondary N) is 1. The normalized spacial score (nSPS) is 19.1. The van der Waals surface area contributed by atoms with Crippen molar-refractivity contribution in [2.75, 3.05) is 26.7 Å². The summed E-state index contributed by atoms with van der Waals surface area (Å²) in [6.07, 6.45) is 4.34. The highest BCUT2D eigenvalue weighted by Crippen LogP contribution is 2.18. The molecular formula is C11H18ClN3S. The van der Waals surface area contributed by atoms with Crippen molar-refractivity contribution in [2.24, 2.45) is 5.92 Å². The smallest absolute Gasteiger partial charge is 0.113 e. The van der Waals surface area contributed by atoms with Gasteiger partial charge in [0.2, 0.25) is 0 Å². The lowest BCUT2D eigenvalue weighted by Gasteiger charge is -2.28. The van der Waals surface area contributed by atoms with E-state index in [-0.39, 0.29) is 0 Å². The van der Waals surface area contributed by atoms with Gasteiger partial charge in [0.15, 0.2) is 0 Å². The second-order valence-electron chi connectivity index (χ2n) is 4.44. The lowest BCUT2D eigenvalue weighted by atomic mass is 9.97. The van der Waals surface area contributed by atoms with Crippen LogP contribution in [0.2, 0.25) is 4.34 Å². The molecule has 0 aliphatic carbocycles. The minimum atomic E-state index is 0.774. The first-order valence-corrected chi connectivity index (χ1v) is 6.93. The Kier molecular flexibility index (Phi) is 4.58. The molecule has 0 unspecified atom stereocenters. The number of likely N-dealkylation sites (tertiary alicyclic amines) is 1. The van der Waals surface area contributed by atoms with Gasteiger partial charge in [-0.3, -0.25) is 0 Å². The van der Waals surface area contributed by atoms with Crippen molar-refractivity contribution >= 4 is 22.9 Å². The number of thiazole rings is 1. The van der Waals surface area contributed by atoms with Gasteiger partial charge in [0.05, 0.1) is 6.20 Å². The highest BCUT2D eigenvalue weighted by atomic mass is 35.5. The van der Waals surface area contributed by atoms with Crippen molar-refractivity contribution in [1.82, 2.24) is 15.2 Å². The number of hydrogen-bond donors (Lipinski definition) is 1. The summed E-state index contributed by atoms with van der Waals surface area (Å²) in [6, 6.07) is 0. The molecule has 2 heterocycles. The average molecular weight is 260 g/mol. The molecule has 0 atom stereocenters. The fraction of sp³-hybridized carbons (Fsp3) is 0.727. The molecule has 1 aromatic rings. The summed E-state index contributed by atoms with van der Waals surface area (Å²) in [5.74, 6) is 0.826. The maximum absolute atomic E-state index is 5.83. The van der Waals surface area contributed by atoms with Crippen LogP contribution in [0, 0.1) is 5.92 Å². The standard InChI is InChI=1S/C11H18ClN3S/c1-15-4-2-9(3-5-15)6-13-8-11-14-7-10(12)16-11/h7,9,13H,2-6,8H2,1H3. The summed E-state index contributed by atoms with van der Waals surface area (Å²) in [5, 5.41) is 4.55. The summed E-state index contributed by atoms with van der Waals surface area (Å²) in [5.41, 5.74) is 0. The van der Waals surface area contributed by atoms with Gasteiger partial charge < -0.3 is 10.2 Å². The van der Waals surface area contributed by atoms with E-state index in [1.165, 1.54) is 25.9 Å². The van der Waals surface area contributed by atoms with Crippen molar-refractivity contribution in [3.63, 3.8) is 0 Å². The molecule has 1 aliphatic heterocycles. The number of aromatic nitrogens is 1. The van der Waals surface area contributed by atoms with Gasteiger partial charge in [-0.25, -0.2) is 4.98 Å². The lowest BCUT2D eigenvalue weighted by molar-refractivity contribution is 0.216. The third-order valence-electron chi connectivity index (χ3n) is 3.07. The van der Waals surface area contributed by atoms with Crippen molar-refractivity contribution in [3.8, 4) is 0 Å². The Hall–Kier alpha value is -0.160. The SMILES string of the molecule is CN1CCC(CNCc2ncc(Cl)s2)CC1. The molecule has 0 spiro atoms. The largest absolute Gasteiger partial charge is 0.310 e. The zero-order valence-electron chi connectivity index (χ0n) is 9.58. The van der Waals surface area contributed by atoms with Crippen LogP contribution in [-0.2, 0) is 6.54 Å². The third kappa shape index (κ3) is 3.70. The van der Waals surface area contributed by atoms with Crippen molar-refractivity contribution in [1.29, 1.82) is 0 Å². The van der Waals surface area contributed by atoms with E-state index in [0.29, 0.717) is 0 Å². The number of hydrogen-bond acceptors (Lipinski definition) is 4. The fourth-order valence-electron chi connectivity index (χ4n) is 2.02. The molecule has 0 aromatic carbocycles. The first-order valence-electron chi connectivity index (χ1n) is 5.73. The highest BCUT2D eigenvalue weighted by Gasteiger charge is 2.15. The number of piperidine rings is 1. The van der Waals surface area contributed by atoms with Crippen molar-refractivity contribution in [2.45, 2.75) is 19.4 Å². The molecule has 0 radical (unpaired) electrons. The summed E-state index contributed by atoms with van der Waals surface area (Å²) in [4.78, 5) is 6.63. The third-order valence-corrected chi connectivity index (χ3v) is 4.19. The Morgan fingerprint density at radius 3 is 2.94 bits per heavy atom. The van der Waals surface area contributed by atoms with Gasteiger partial charge in [0.1, 0.15) is 9.34 Å². The minimum absolute atomic E-state index is 0.774. The van der Waals surface area contributed by atoms with E-state index < -0.39 is 0 Å². The van der Waals surface area contributed by atoms with Crippen LogP contribution in [0.3, 0.4) is 0 Å². The minimum Gasteiger partial charge on any atom is -0.310 e. The van der Waals surface area contributed by atoms with Gasteiger partial charge in [-0.15, -0.1) is 11.3 Å². The van der Waals surface area contributed by atoms with Gasteiger partial charge >= 0.3 is 0 Å². The molecule has 90 valence electrons. The van der Waals surface area contributed by atoms with Crippen LogP contribution in [0.5, 0.6) is 0 Å². The molecule has 2 rings (SSSR count). The van der Waals surface area contributed by atoms with Crippen LogP contribution in [0.4, 0.5) is 0 Å². The van der Waals surface area contributed by atoms with E-state index in [9.17, 15) is 0 Å². The maximum Gasteiger partial charge on any atom is 0.113 e. The molecule has 0 bridgehead atoms. The molecule has 3 nitrogen and oxygen atoms in total. The zero-order chi connectivity index (χ0) is 11.4. The van der Waals surface area contributed by atoms with Crippen LogP contribution in [0.15, 0.2) is 6.20 Å². The Labute approximate surface area is 106 Å². The molecule has 1 aliphatic rings. The van der Waals surface area contributed by atoms with E-state index in [4.69, 9.17) is 11.6 Å². The van der Waals surface area contributed by atoms with E-state index >= 15 is 0 Å². The van der Waals surface area contributed by atoms with Crippen molar-refractivity contribution < 1.29 is 0 Å². The Morgan fingerprint density at radius 2 is 2.31 bits per heavy atom. The molecule has 1 fully saturated rings. The van der Waals surface area contributed by atoms with Crippen molar-refractivity contribution in [3.05, 3.63) is 15.5 Å². The molecule has 0 saturated carbocycles. The van der Waals surface area contributed by atoms with E-state index in [1.807, 2.05) is 0 Å². The van der Waals surface area contributed by atoms with Crippen LogP contribution in [0.25, 0.3) is 0 Å². The fourth-order valence-corrected chi connectivity index (χ4v) is 2.95. The molecule has 16 heavy (non-hydrogen) atoms. The molecule has 5 heteroatoms. The van der Waals surface area contributed by atoms with E-state index in [2.05, 4.69) is 22.2 Å². The quantitative estimate of drug-likeness (QED) is 0.899. The topological polar surface area (TPSA) is 28.2 Å². The average Bonchev–Trinajstić information content (AvgIpc) is 2.67. The van der Waals surface area contributed by atoms with Gasteiger partial charge in [0.25, 0.3) is 0 Å². The predicted molar refractivity (Wildman–Crippen MR) is 69.1 cm³/mol. The monoisotopic (exact) mass is 259 g/mol. The second kappa shape index (κ2) is 5.96. The van der Waals surface area contributed by atoms with E-state index in [0.717, 1.165) is 28.4 Å². The van der Waals surface area contributed by atoms with Crippen LogP contribution >= 0.6 is 22.9 Å². The second-order valence-corrected chi connectivity index (χ2v) is 6.18. The molecule has 1 aromatic heterocycles. The van der Waals surface area contributed by atoms with E-state index in [1.54, 1.807) is 17.5 Å². The number of nitrogens with zero attached hydrogens (tertiary/aromatic N) is 2. The molecular weight excluding hydrogens is 242 g/mol. The first kappa shape index (κ1) is 12.3. The van der Waals surface area contributed by atoms with Gasteiger partial charge in [-0.2, -0.15) is 0 Å². The molecule has 1 N–H and O–H groups in total. The van der Waals surface area contributed by atoms with Crippen LogP contribution in [-0.4, -0.2) is 36.6 Å². The number of halogens is 1. The lowest BCUT2D eigenvalue weighted by Crippen LogP contribution is -2.34. The summed E-state index contributed by atoms with van der Waals surface area (Å²) in [7, 11) is 2.20. The van der Waals surface area contributed by atoms with Gasteiger partial charge in [0, 0.05) is 6.54 Å². The summed E-state index contributed by atoms with van der Waals surface area (Å²) in [6.45, 7) is 4.42. The van der Waals surface area contributed by atoms with Gasteiger partial charge in [-0.05, 0) is 45.4 Å². The Bertz CT molecular complexity index is 321. The van der Waals surface area contributed by atoms with Crippen LogP contribution in [0.1, 0.15) is 17.8 Å². The zero-order valence-corrected chi connectivity index (χ0v) is 11.2. The summed E-state index contributed by atoms with van der Waals surface area (Å²) < 4.78 is 0.774. The first-order chi connectivity index (χ1) is 7.74. The number of rotatable bonds is 4.